The molecule has 0 amide bonds. The molecular weight excluding hydrogens is 285 g/mol. The van der Waals surface area contributed by atoms with Gasteiger partial charge in [-0.2, -0.15) is 0 Å². The predicted octanol–water partition coefficient (Wildman–Crippen LogP) is 3.80. The quantitative estimate of drug-likeness (QED) is 0.880. The van der Waals surface area contributed by atoms with Gasteiger partial charge in [0.2, 0.25) is 0 Å². The Morgan fingerprint density at radius 1 is 1.29 bits per heavy atom. The Balaban J connectivity index is 1.62. The maximum atomic E-state index is 13.9. The molecule has 0 aliphatic heterocycles. The van der Waals surface area contributed by atoms with E-state index < -0.39 is 0 Å². The molecule has 4 heteroatoms. The van der Waals surface area contributed by atoms with Crippen molar-refractivity contribution in [1.29, 1.82) is 0 Å². The van der Waals surface area contributed by atoms with E-state index in [0.717, 1.165) is 36.2 Å². The zero-order valence-corrected chi connectivity index (χ0v) is 12.7. The Labute approximate surface area is 128 Å². The monoisotopic (exact) mass is 305 g/mol. The fraction of sp³-hybridized carbons (Fsp3) is 0.412. The van der Waals surface area contributed by atoms with Gasteiger partial charge in [-0.3, -0.25) is 0 Å². The van der Waals surface area contributed by atoms with Gasteiger partial charge in [0.05, 0.1) is 6.10 Å². The van der Waals surface area contributed by atoms with Gasteiger partial charge in [0.25, 0.3) is 0 Å². The van der Waals surface area contributed by atoms with Crippen LogP contribution in [0.25, 0.3) is 10.4 Å². The minimum absolute atomic E-state index is 0.160. The Morgan fingerprint density at radius 2 is 2.19 bits per heavy atom. The second kappa shape index (κ2) is 6.69. The lowest BCUT2D eigenvalue weighted by Crippen LogP contribution is -2.27. The molecule has 3 rings (SSSR count). The summed E-state index contributed by atoms with van der Waals surface area (Å²) in [5.74, 6) is 0.189. The van der Waals surface area contributed by atoms with Crippen molar-refractivity contribution in [3.8, 4) is 10.4 Å². The lowest BCUT2D eigenvalue weighted by Gasteiger charge is -2.15. The minimum atomic E-state index is -0.174. The predicted molar refractivity (Wildman–Crippen MR) is 84.8 cm³/mol. The smallest absolute Gasteiger partial charge is 0.131 e. The first kappa shape index (κ1) is 14.7. The van der Waals surface area contributed by atoms with Gasteiger partial charge >= 0.3 is 0 Å². The van der Waals surface area contributed by atoms with Crippen LogP contribution in [-0.2, 0) is 6.54 Å². The fourth-order valence-corrected chi connectivity index (χ4v) is 3.70. The van der Waals surface area contributed by atoms with Crippen molar-refractivity contribution in [2.45, 2.75) is 31.9 Å². The summed E-state index contributed by atoms with van der Waals surface area (Å²) in [6.07, 6.45) is 2.98. The van der Waals surface area contributed by atoms with Crippen LogP contribution in [0.2, 0.25) is 0 Å². The van der Waals surface area contributed by atoms with Gasteiger partial charge in [-0.05, 0) is 47.9 Å². The Bertz CT molecular complexity index is 584. The highest BCUT2D eigenvalue weighted by atomic mass is 32.1. The van der Waals surface area contributed by atoms with Crippen LogP contribution in [0.4, 0.5) is 4.39 Å². The van der Waals surface area contributed by atoms with Crippen LogP contribution in [0.15, 0.2) is 35.7 Å². The molecule has 0 radical (unpaired) electrons. The van der Waals surface area contributed by atoms with E-state index in [1.165, 1.54) is 6.07 Å². The number of rotatable bonds is 5. The molecule has 2 nitrogen and oxygen atoms in total. The van der Waals surface area contributed by atoms with Crippen LogP contribution in [-0.4, -0.2) is 17.8 Å². The first-order valence-electron chi connectivity index (χ1n) is 7.45. The molecule has 1 saturated carbocycles. The molecule has 2 N–H and O–H groups in total. The number of hydrogen-bond acceptors (Lipinski definition) is 3. The molecule has 2 atom stereocenters. The Kier molecular flexibility index (Phi) is 4.68. The summed E-state index contributed by atoms with van der Waals surface area (Å²) in [5, 5.41) is 15.1. The summed E-state index contributed by atoms with van der Waals surface area (Å²) in [6, 6.07) is 9.15. The van der Waals surface area contributed by atoms with Crippen molar-refractivity contribution in [2.75, 3.05) is 6.54 Å². The third-order valence-corrected chi connectivity index (χ3v) is 5.08. The molecule has 1 aliphatic carbocycles. The third-order valence-electron chi connectivity index (χ3n) is 4.17. The highest BCUT2D eigenvalue weighted by Gasteiger charge is 2.24. The van der Waals surface area contributed by atoms with E-state index in [1.54, 1.807) is 11.3 Å². The van der Waals surface area contributed by atoms with Crippen LogP contribution in [0.5, 0.6) is 0 Å². The molecule has 1 fully saturated rings. The van der Waals surface area contributed by atoms with Crippen molar-refractivity contribution in [3.63, 3.8) is 0 Å². The summed E-state index contributed by atoms with van der Waals surface area (Å²) in [4.78, 5) is 0.959. The second-order valence-electron chi connectivity index (χ2n) is 5.68. The van der Waals surface area contributed by atoms with Crippen LogP contribution in [0.3, 0.4) is 0 Å². The molecule has 0 saturated heterocycles. The van der Waals surface area contributed by atoms with Crippen LogP contribution < -0.4 is 5.32 Å². The molecule has 2 aromatic rings. The number of nitrogens with one attached hydrogen (secondary N) is 1. The highest BCUT2D eigenvalue weighted by molar-refractivity contribution is 7.13. The maximum absolute atomic E-state index is 13.9. The molecule has 0 spiro atoms. The van der Waals surface area contributed by atoms with E-state index in [2.05, 4.69) is 5.32 Å². The maximum Gasteiger partial charge on any atom is 0.131 e. The number of aliphatic hydroxyl groups excluding tert-OH is 1. The third kappa shape index (κ3) is 3.51. The van der Waals surface area contributed by atoms with Gasteiger partial charge in [-0.25, -0.2) is 4.39 Å². The SMILES string of the molecule is OC1CCCC1CNCc1ccc(F)c(-c2cccs2)c1. The summed E-state index contributed by atoms with van der Waals surface area (Å²) in [6.45, 7) is 1.54. The Morgan fingerprint density at radius 3 is 2.90 bits per heavy atom. The lowest BCUT2D eigenvalue weighted by atomic mass is 10.1. The number of benzene rings is 1. The van der Waals surface area contributed by atoms with Crippen molar-refractivity contribution in [1.82, 2.24) is 5.32 Å². The van der Waals surface area contributed by atoms with Crippen LogP contribution >= 0.6 is 11.3 Å². The van der Waals surface area contributed by atoms with E-state index >= 15 is 0 Å². The summed E-state index contributed by atoms with van der Waals surface area (Å²) >= 11 is 1.55. The largest absolute Gasteiger partial charge is 0.393 e. The summed E-state index contributed by atoms with van der Waals surface area (Å²) in [7, 11) is 0. The van der Waals surface area contributed by atoms with Gasteiger partial charge in [0, 0.05) is 23.5 Å². The standard InChI is InChI=1S/C17H20FNOS/c18-15-7-6-12(9-14(15)17-5-2-8-21-17)10-19-11-13-3-1-4-16(13)20/h2,5-9,13,16,19-20H,1,3-4,10-11H2. The molecule has 0 bridgehead atoms. The van der Waals surface area contributed by atoms with E-state index in [0.29, 0.717) is 18.0 Å². The molecule has 112 valence electrons. The average molecular weight is 305 g/mol. The Hall–Kier alpha value is -1.23. The van der Waals surface area contributed by atoms with Gasteiger partial charge < -0.3 is 10.4 Å². The van der Waals surface area contributed by atoms with Gasteiger partial charge in [-0.15, -0.1) is 11.3 Å². The number of halogens is 1. The van der Waals surface area contributed by atoms with Gasteiger partial charge in [0.1, 0.15) is 5.82 Å². The van der Waals surface area contributed by atoms with E-state index in [1.807, 2.05) is 29.6 Å². The number of thiophene rings is 1. The average Bonchev–Trinajstić information content (AvgIpc) is 3.13. The van der Waals surface area contributed by atoms with E-state index in [4.69, 9.17) is 0 Å². The second-order valence-corrected chi connectivity index (χ2v) is 6.63. The first-order valence-corrected chi connectivity index (χ1v) is 8.33. The number of aliphatic hydroxyl groups is 1. The minimum Gasteiger partial charge on any atom is -0.393 e. The topological polar surface area (TPSA) is 32.3 Å². The van der Waals surface area contributed by atoms with E-state index in [-0.39, 0.29) is 11.9 Å². The molecular formula is C17H20FNOS. The van der Waals surface area contributed by atoms with E-state index in [9.17, 15) is 9.50 Å². The fourth-order valence-electron chi connectivity index (χ4n) is 2.96. The van der Waals surface area contributed by atoms with Crippen molar-refractivity contribution in [2.24, 2.45) is 5.92 Å². The zero-order valence-electron chi connectivity index (χ0n) is 11.9. The van der Waals surface area contributed by atoms with Gasteiger partial charge in [0.15, 0.2) is 0 Å². The van der Waals surface area contributed by atoms with Gasteiger partial charge in [-0.1, -0.05) is 18.6 Å². The summed E-state index contributed by atoms with van der Waals surface area (Å²) in [5.41, 5.74) is 1.75. The number of hydrogen-bond donors (Lipinski definition) is 2. The van der Waals surface area contributed by atoms with Crippen LogP contribution in [0.1, 0.15) is 24.8 Å². The normalized spacial score (nSPS) is 21.8. The van der Waals surface area contributed by atoms with Crippen molar-refractivity contribution in [3.05, 3.63) is 47.1 Å². The van der Waals surface area contributed by atoms with Crippen molar-refractivity contribution < 1.29 is 9.50 Å². The summed E-state index contributed by atoms with van der Waals surface area (Å²) < 4.78 is 13.9. The highest BCUT2D eigenvalue weighted by Crippen LogP contribution is 2.28. The molecule has 1 aromatic heterocycles. The molecule has 1 aromatic carbocycles. The molecule has 2 unspecified atom stereocenters. The molecule has 1 heterocycles. The lowest BCUT2D eigenvalue weighted by molar-refractivity contribution is 0.131. The molecule has 1 aliphatic rings. The van der Waals surface area contributed by atoms with Crippen molar-refractivity contribution >= 4 is 11.3 Å². The first-order chi connectivity index (χ1) is 10.2. The zero-order chi connectivity index (χ0) is 14.7. The van der Waals surface area contributed by atoms with Crippen LogP contribution in [0, 0.1) is 11.7 Å². The molecule has 21 heavy (non-hydrogen) atoms.